The molecule has 2 rings (SSSR count). The van der Waals surface area contributed by atoms with Crippen molar-refractivity contribution in [2.75, 3.05) is 18.5 Å². The van der Waals surface area contributed by atoms with Crippen LogP contribution in [0.1, 0.15) is 24.8 Å². The van der Waals surface area contributed by atoms with Gasteiger partial charge in [-0.3, -0.25) is 4.79 Å². The van der Waals surface area contributed by atoms with Crippen LogP contribution in [0.3, 0.4) is 0 Å². The fraction of sp³-hybridized carbons (Fsp3) is 0.400. The van der Waals surface area contributed by atoms with Crippen molar-refractivity contribution in [3.63, 3.8) is 0 Å². The van der Waals surface area contributed by atoms with E-state index in [2.05, 4.69) is 16.6 Å². The van der Waals surface area contributed by atoms with Crippen molar-refractivity contribution in [2.24, 2.45) is 0 Å². The quantitative estimate of drug-likeness (QED) is 0.605. The summed E-state index contributed by atoms with van der Waals surface area (Å²) >= 11 is 0. The molecule has 1 aromatic rings. The molecule has 19 heavy (non-hydrogen) atoms. The van der Waals surface area contributed by atoms with Gasteiger partial charge in [-0.15, -0.1) is 12.3 Å². The summed E-state index contributed by atoms with van der Waals surface area (Å²) in [5.74, 6) is 3.26. The lowest BCUT2D eigenvalue weighted by atomic mass is 10.1. The van der Waals surface area contributed by atoms with Crippen LogP contribution >= 0.6 is 0 Å². The molecule has 1 aromatic carbocycles. The number of unbranched alkanes of at least 4 members (excludes halogenated alkanes) is 2. The van der Waals surface area contributed by atoms with Crippen LogP contribution in [0.25, 0.3) is 0 Å². The summed E-state index contributed by atoms with van der Waals surface area (Å²) in [4.78, 5) is 11.2. The zero-order valence-corrected chi connectivity index (χ0v) is 10.9. The second-order valence-corrected chi connectivity index (χ2v) is 4.51. The lowest BCUT2D eigenvalue weighted by Gasteiger charge is -2.18. The summed E-state index contributed by atoms with van der Waals surface area (Å²) < 4.78 is 5.31. The molecule has 0 atom stereocenters. The van der Waals surface area contributed by atoms with E-state index in [1.807, 2.05) is 18.2 Å². The van der Waals surface area contributed by atoms with Crippen LogP contribution in [-0.2, 0) is 11.3 Å². The lowest BCUT2D eigenvalue weighted by Crippen LogP contribution is -2.25. The van der Waals surface area contributed by atoms with E-state index in [9.17, 15) is 4.79 Å². The number of ether oxygens (including phenoxy) is 1. The predicted molar refractivity (Wildman–Crippen MR) is 75.0 cm³/mol. The SMILES string of the molecule is C#CCCCCNCc1ccc2c(c1)NC(=O)CO2. The Morgan fingerprint density at radius 1 is 1.42 bits per heavy atom. The number of rotatable bonds is 6. The summed E-state index contributed by atoms with van der Waals surface area (Å²) in [7, 11) is 0. The molecule has 1 heterocycles. The van der Waals surface area contributed by atoms with Gasteiger partial charge in [0.2, 0.25) is 0 Å². The first kappa shape index (κ1) is 13.4. The number of carbonyl (C=O) groups is 1. The molecule has 0 aliphatic carbocycles. The van der Waals surface area contributed by atoms with E-state index in [-0.39, 0.29) is 12.5 Å². The van der Waals surface area contributed by atoms with Crippen molar-refractivity contribution < 1.29 is 9.53 Å². The van der Waals surface area contributed by atoms with Crippen molar-refractivity contribution in [1.29, 1.82) is 0 Å². The Morgan fingerprint density at radius 3 is 3.16 bits per heavy atom. The van der Waals surface area contributed by atoms with Crippen LogP contribution in [0, 0.1) is 12.3 Å². The van der Waals surface area contributed by atoms with Gasteiger partial charge in [-0.25, -0.2) is 0 Å². The number of anilines is 1. The van der Waals surface area contributed by atoms with Gasteiger partial charge in [-0.05, 0) is 37.1 Å². The molecular formula is C15H18N2O2. The van der Waals surface area contributed by atoms with Crippen LogP contribution in [0.15, 0.2) is 18.2 Å². The second kappa shape index (κ2) is 6.81. The highest BCUT2D eigenvalue weighted by Crippen LogP contribution is 2.28. The molecule has 0 bridgehead atoms. The number of fused-ring (bicyclic) bond motifs is 1. The first-order valence-electron chi connectivity index (χ1n) is 6.49. The normalized spacial score (nSPS) is 13.1. The largest absolute Gasteiger partial charge is 0.482 e. The zero-order chi connectivity index (χ0) is 13.5. The third-order valence-electron chi connectivity index (χ3n) is 2.93. The van der Waals surface area contributed by atoms with E-state index < -0.39 is 0 Å². The smallest absolute Gasteiger partial charge is 0.262 e. The molecule has 0 aromatic heterocycles. The van der Waals surface area contributed by atoms with Crippen LogP contribution in [0.2, 0.25) is 0 Å². The summed E-state index contributed by atoms with van der Waals surface area (Å²) in [5, 5.41) is 6.16. The summed E-state index contributed by atoms with van der Waals surface area (Å²) in [6.45, 7) is 1.82. The Bertz CT molecular complexity index is 491. The molecule has 0 radical (unpaired) electrons. The Morgan fingerprint density at radius 2 is 2.32 bits per heavy atom. The average Bonchev–Trinajstić information content (AvgIpc) is 2.42. The highest BCUT2D eigenvalue weighted by Gasteiger charge is 2.15. The van der Waals surface area contributed by atoms with Gasteiger partial charge < -0.3 is 15.4 Å². The number of carbonyl (C=O) groups excluding carboxylic acids is 1. The number of terminal acetylenes is 1. The fourth-order valence-electron chi connectivity index (χ4n) is 1.95. The fourth-order valence-corrected chi connectivity index (χ4v) is 1.95. The maximum atomic E-state index is 11.2. The Hall–Kier alpha value is -1.99. The van der Waals surface area contributed by atoms with Gasteiger partial charge in [0.15, 0.2) is 6.61 Å². The molecule has 0 unspecified atom stereocenters. The summed E-state index contributed by atoms with van der Waals surface area (Å²) in [5.41, 5.74) is 1.88. The third-order valence-corrected chi connectivity index (χ3v) is 2.93. The van der Waals surface area contributed by atoms with Gasteiger partial charge >= 0.3 is 0 Å². The maximum Gasteiger partial charge on any atom is 0.262 e. The Labute approximate surface area is 113 Å². The molecular weight excluding hydrogens is 240 g/mol. The standard InChI is InChI=1S/C15H18N2O2/c1-2-3-4-5-8-16-10-12-6-7-14-13(9-12)17-15(18)11-19-14/h1,6-7,9,16H,3-5,8,10-11H2,(H,17,18). The first-order valence-corrected chi connectivity index (χ1v) is 6.49. The van der Waals surface area contributed by atoms with E-state index >= 15 is 0 Å². The molecule has 2 N–H and O–H groups in total. The van der Waals surface area contributed by atoms with E-state index in [4.69, 9.17) is 11.2 Å². The predicted octanol–water partition coefficient (Wildman–Crippen LogP) is 1.91. The lowest BCUT2D eigenvalue weighted by molar-refractivity contribution is -0.118. The maximum absolute atomic E-state index is 11.2. The first-order chi connectivity index (χ1) is 9.29. The van der Waals surface area contributed by atoms with E-state index in [0.717, 1.165) is 49.4 Å². The minimum Gasteiger partial charge on any atom is -0.482 e. The molecule has 0 saturated heterocycles. The molecule has 4 heteroatoms. The van der Waals surface area contributed by atoms with Gasteiger partial charge in [0, 0.05) is 13.0 Å². The zero-order valence-electron chi connectivity index (χ0n) is 10.9. The van der Waals surface area contributed by atoms with Gasteiger partial charge in [0.25, 0.3) is 5.91 Å². The van der Waals surface area contributed by atoms with E-state index in [1.165, 1.54) is 0 Å². The highest BCUT2D eigenvalue weighted by atomic mass is 16.5. The van der Waals surface area contributed by atoms with Crippen LogP contribution in [0.4, 0.5) is 5.69 Å². The minimum absolute atomic E-state index is 0.0970. The van der Waals surface area contributed by atoms with Crippen LogP contribution in [0.5, 0.6) is 5.75 Å². The highest BCUT2D eigenvalue weighted by molar-refractivity contribution is 5.95. The molecule has 0 saturated carbocycles. The molecule has 1 aliphatic heterocycles. The van der Waals surface area contributed by atoms with Crippen molar-refractivity contribution in [3.05, 3.63) is 23.8 Å². The van der Waals surface area contributed by atoms with Crippen molar-refractivity contribution in [3.8, 4) is 18.1 Å². The number of benzene rings is 1. The van der Waals surface area contributed by atoms with Gasteiger partial charge in [-0.1, -0.05) is 6.07 Å². The van der Waals surface area contributed by atoms with Crippen LogP contribution < -0.4 is 15.4 Å². The molecule has 1 amide bonds. The monoisotopic (exact) mass is 258 g/mol. The van der Waals surface area contributed by atoms with Crippen molar-refractivity contribution >= 4 is 11.6 Å². The molecule has 0 spiro atoms. The number of amides is 1. The van der Waals surface area contributed by atoms with Crippen molar-refractivity contribution in [1.82, 2.24) is 5.32 Å². The van der Waals surface area contributed by atoms with E-state index in [1.54, 1.807) is 0 Å². The number of nitrogens with one attached hydrogen (secondary N) is 2. The Balaban J connectivity index is 1.80. The topological polar surface area (TPSA) is 50.4 Å². The molecule has 0 fully saturated rings. The van der Waals surface area contributed by atoms with Crippen LogP contribution in [-0.4, -0.2) is 19.1 Å². The average molecular weight is 258 g/mol. The van der Waals surface area contributed by atoms with Crippen molar-refractivity contribution in [2.45, 2.75) is 25.8 Å². The number of hydrogen-bond donors (Lipinski definition) is 2. The number of hydrogen-bond acceptors (Lipinski definition) is 3. The van der Waals surface area contributed by atoms with E-state index in [0.29, 0.717) is 0 Å². The molecule has 1 aliphatic rings. The van der Waals surface area contributed by atoms with Gasteiger partial charge in [0.05, 0.1) is 5.69 Å². The van der Waals surface area contributed by atoms with Gasteiger partial charge in [-0.2, -0.15) is 0 Å². The minimum atomic E-state index is -0.105. The molecule has 100 valence electrons. The Kier molecular flexibility index (Phi) is 4.82. The molecule has 4 nitrogen and oxygen atoms in total. The summed E-state index contributed by atoms with van der Waals surface area (Å²) in [6, 6.07) is 5.84. The second-order valence-electron chi connectivity index (χ2n) is 4.51. The van der Waals surface area contributed by atoms with Gasteiger partial charge in [0.1, 0.15) is 5.75 Å². The third kappa shape index (κ3) is 4.01. The summed E-state index contributed by atoms with van der Waals surface area (Å²) in [6.07, 6.45) is 8.16.